The summed E-state index contributed by atoms with van der Waals surface area (Å²) >= 11 is 0. The number of nitrogens with zero attached hydrogens (tertiary/aromatic N) is 1. The van der Waals surface area contributed by atoms with Gasteiger partial charge >= 0.3 is 0 Å². The van der Waals surface area contributed by atoms with Crippen LogP contribution in [-0.4, -0.2) is 35.8 Å². The Hall–Kier alpha value is -2.11. The third kappa shape index (κ3) is 3.96. The molecule has 1 unspecified atom stereocenters. The summed E-state index contributed by atoms with van der Waals surface area (Å²) in [5.41, 5.74) is -0.218. The molecule has 0 heterocycles. The van der Waals surface area contributed by atoms with Crippen LogP contribution >= 0.6 is 0 Å². The van der Waals surface area contributed by atoms with Gasteiger partial charge in [0.2, 0.25) is 0 Å². The van der Waals surface area contributed by atoms with E-state index in [1.807, 2.05) is 6.92 Å². The molecule has 0 spiro atoms. The SMILES string of the molecule is C=CCON=C(CCC)C1=C(O)C(OC=O)C(C)(C)CC1=O. The van der Waals surface area contributed by atoms with Crippen molar-refractivity contribution in [3.63, 3.8) is 0 Å². The predicted molar refractivity (Wildman–Crippen MR) is 82.5 cm³/mol. The molecule has 1 rings (SSSR count). The van der Waals surface area contributed by atoms with Crippen molar-refractivity contribution in [1.82, 2.24) is 0 Å². The zero-order valence-electron chi connectivity index (χ0n) is 13.3. The normalized spacial score (nSPS) is 21.5. The highest BCUT2D eigenvalue weighted by atomic mass is 16.6. The van der Waals surface area contributed by atoms with Gasteiger partial charge in [-0.1, -0.05) is 45.0 Å². The van der Waals surface area contributed by atoms with E-state index in [4.69, 9.17) is 9.57 Å². The van der Waals surface area contributed by atoms with Gasteiger partial charge in [0.05, 0.1) is 11.3 Å². The maximum Gasteiger partial charge on any atom is 0.293 e. The Morgan fingerprint density at radius 2 is 2.23 bits per heavy atom. The van der Waals surface area contributed by atoms with Gasteiger partial charge in [-0.05, 0) is 6.42 Å². The maximum atomic E-state index is 12.4. The van der Waals surface area contributed by atoms with Gasteiger partial charge in [-0.25, -0.2) is 0 Å². The minimum atomic E-state index is -0.876. The lowest BCUT2D eigenvalue weighted by atomic mass is 9.73. The van der Waals surface area contributed by atoms with E-state index >= 15 is 0 Å². The van der Waals surface area contributed by atoms with Crippen LogP contribution in [0, 0.1) is 5.41 Å². The summed E-state index contributed by atoms with van der Waals surface area (Å²) in [6, 6.07) is 0. The lowest BCUT2D eigenvalue weighted by molar-refractivity contribution is -0.142. The summed E-state index contributed by atoms with van der Waals surface area (Å²) < 4.78 is 4.99. The number of ether oxygens (including phenoxy) is 1. The van der Waals surface area contributed by atoms with Crippen molar-refractivity contribution in [2.45, 2.75) is 46.1 Å². The summed E-state index contributed by atoms with van der Waals surface area (Å²) in [5.74, 6) is -0.495. The molecule has 0 saturated carbocycles. The van der Waals surface area contributed by atoms with E-state index in [1.54, 1.807) is 13.8 Å². The molecule has 0 radical (unpaired) electrons. The third-order valence-corrected chi connectivity index (χ3v) is 3.44. The molecule has 0 fully saturated rings. The Morgan fingerprint density at radius 1 is 1.55 bits per heavy atom. The number of carbonyl (C=O) groups excluding carboxylic acids is 2. The van der Waals surface area contributed by atoms with Crippen molar-refractivity contribution < 1.29 is 24.3 Å². The second kappa shape index (κ2) is 7.77. The lowest BCUT2D eigenvalue weighted by Gasteiger charge is -2.36. The molecular formula is C16H23NO5. The zero-order chi connectivity index (χ0) is 16.8. The van der Waals surface area contributed by atoms with E-state index in [0.29, 0.717) is 12.1 Å². The van der Waals surface area contributed by atoms with Crippen LogP contribution in [0.15, 0.2) is 29.1 Å². The van der Waals surface area contributed by atoms with Crippen molar-refractivity contribution in [3.8, 4) is 0 Å². The minimum Gasteiger partial charge on any atom is -0.507 e. The average molecular weight is 309 g/mol. The summed E-state index contributed by atoms with van der Waals surface area (Å²) in [6.45, 7) is 9.45. The highest BCUT2D eigenvalue weighted by Crippen LogP contribution is 2.38. The monoisotopic (exact) mass is 309 g/mol. The van der Waals surface area contributed by atoms with E-state index in [0.717, 1.165) is 6.42 Å². The standard InChI is InChI=1S/C16H23NO5/c1-5-7-11(17-22-8-6-2)13-12(19)9-16(3,4)15(14(13)20)21-10-18/h6,10,15,20H,2,5,7-9H2,1,3-4H3. The first-order valence-electron chi connectivity index (χ1n) is 7.24. The van der Waals surface area contributed by atoms with E-state index in [9.17, 15) is 14.7 Å². The maximum absolute atomic E-state index is 12.4. The molecule has 22 heavy (non-hydrogen) atoms. The molecule has 1 aliphatic carbocycles. The quantitative estimate of drug-likeness (QED) is 0.245. The summed E-state index contributed by atoms with van der Waals surface area (Å²) in [4.78, 5) is 28.2. The minimum absolute atomic E-state index is 0.0945. The van der Waals surface area contributed by atoms with Gasteiger partial charge < -0.3 is 14.7 Å². The fraction of sp³-hybridized carbons (Fsp3) is 0.562. The fourth-order valence-corrected chi connectivity index (χ4v) is 2.47. The molecule has 122 valence electrons. The van der Waals surface area contributed by atoms with Gasteiger partial charge in [0.1, 0.15) is 12.4 Å². The first kappa shape index (κ1) is 17.9. The number of aliphatic hydroxyl groups excluding tert-OH is 1. The van der Waals surface area contributed by atoms with Crippen LogP contribution < -0.4 is 0 Å². The van der Waals surface area contributed by atoms with Gasteiger partial charge in [0.15, 0.2) is 11.9 Å². The second-order valence-corrected chi connectivity index (χ2v) is 5.83. The number of rotatable bonds is 8. The van der Waals surface area contributed by atoms with Gasteiger partial charge in [-0.3, -0.25) is 9.59 Å². The number of Topliss-reactive ketones (excluding diaryl/α,β-unsaturated/α-hetero) is 1. The number of hydrogen-bond donors (Lipinski definition) is 1. The smallest absolute Gasteiger partial charge is 0.293 e. The second-order valence-electron chi connectivity index (χ2n) is 5.83. The van der Waals surface area contributed by atoms with Gasteiger partial charge in [-0.15, -0.1) is 0 Å². The summed E-state index contributed by atoms with van der Waals surface area (Å²) in [6.07, 6.45) is 2.00. The molecule has 6 nitrogen and oxygen atoms in total. The van der Waals surface area contributed by atoms with Crippen molar-refractivity contribution >= 4 is 18.0 Å². The van der Waals surface area contributed by atoms with E-state index in [1.165, 1.54) is 6.08 Å². The van der Waals surface area contributed by atoms with Gasteiger partial charge in [0, 0.05) is 11.8 Å². The predicted octanol–water partition coefficient (Wildman–Crippen LogP) is 2.70. The molecule has 6 heteroatoms. The van der Waals surface area contributed by atoms with Gasteiger partial charge in [-0.2, -0.15) is 0 Å². The Kier molecular flexibility index (Phi) is 6.34. The van der Waals surface area contributed by atoms with E-state index in [2.05, 4.69) is 11.7 Å². The van der Waals surface area contributed by atoms with Crippen LogP contribution in [0.5, 0.6) is 0 Å². The molecule has 0 aliphatic heterocycles. The third-order valence-electron chi connectivity index (χ3n) is 3.44. The number of ketones is 1. The first-order valence-corrected chi connectivity index (χ1v) is 7.24. The molecule has 1 atom stereocenters. The Balaban J connectivity index is 3.27. The number of hydrogen-bond acceptors (Lipinski definition) is 6. The Bertz CT molecular complexity index is 505. The average Bonchev–Trinajstić information content (AvgIpc) is 2.43. The topological polar surface area (TPSA) is 85.2 Å². The molecule has 1 N–H and O–H groups in total. The molecule has 0 amide bonds. The number of allylic oxidation sites excluding steroid dienone is 1. The molecule has 0 bridgehead atoms. The molecule has 0 aromatic carbocycles. The first-order chi connectivity index (χ1) is 10.4. The van der Waals surface area contributed by atoms with Crippen LogP contribution in [0.25, 0.3) is 0 Å². The largest absolute Gasteiger partial charge is 0.507 e. The lowest BCUT2D eigenvalue weighted by Crippen LogP contribution is -2.42. The summed E-state index contributed by atoms with van der Waals surface area (Å²) in [7, 11) is 0. The highest BCUT2D eigenvalue weighted by Gasteiger charge is 2.44. The van der Waals surface area contributed by atoms with Crippen LogP contribution in [0.1, 0.15) is 40.0 Å². The Labute approximate surface area is 130 Å². The highest BCUT2D eigenvalue weighted by molar-refractivity contribution is 6.23. The molecule has 1 aliphatic rings. The van der Waals surface area contributed by atoms with Crippen LogP contribution in [-0.2, 0) is 19.2 Å². The Morgan fingerprint density at radius 3 is 2.77 bits per heavy atom. The van der Waals surface area contributed by atoms with E-state index < -0.39 is 11.5 Å². The molecule has 0 saturated heterocycles. The van der Waals surface area contributed by atoms with E-state index in [-0.39, 0.29) is 36.6 Å². The number of oxime groups is 1. The van der Waals surface area contributed by atoms with Crippen LogP contribution in [0.3, 0.4) is 0 Å². The van der Waals surface area contributed by atoms with Crippen molar-refractivity contribution in [3.05, 3.63) is 24.0 Å². The van der Waals surface area contributed by atoms with Crippen LogP contribution in [0.4, 0.5) is 0 Å². The molecule has 0 aromatic rings. The fourth-order valence-electron chi connectivity index (χ4n) is 2.47. The zero-order valence-corrected chi connectivity index (χ0v) is 13.3. The van der Waals surface area contributed by atoms with Gasteiger partial charge in [0.25, 0.3) is 6.47 Å². The molecular weight excluding hydrogens is 286 g/mol. The summed E-state index contributed by atoms with van der Waals surface area (Å²) in [5, 5.41) is 14.4. The molecule has 0 aromatic heterocycles. The van der Waals surface area contributed by atoms with Crippen molar-refractivity contribution in [1.29, 1.82) is 0 Å². The van der Waals surface area contributed by atoms with Crippen LogP contribution in [0.2, 0.25) is 0 Å². The number of carbonyl (C=O) groups is 2. The van der Waals surface area contributed by atoms with Crippen molar-refractivity contribution in [2.75, 3.05) is 6.61 Å². The van der Waals surface area contributed by atoms with Crippen molar-refractivity contribution in [2.24, 2.45) is 10.6 Å². The number of aliphatic hydroxyl groups is 1.